The van der Waals surface area contributed by atoms with Crippen molar-refractivity contribution in [1.82, 2.24) is 16.0 Å². The van der Waals surface area contributed by atoms with E-state index in [0.717, 1.165) is 50.6 Å². The van der Waals surface area contributed by atoms with Crippen LogP contribution >= 0.6 is 24.0 Å². The number of hydrogen-bond acceptors (Lipinski definition) is 4. The van der Waals surface area contributed by atoms with Gasteiger partial charge in [0.1, 0.15) is 5.75 Å². The molecule has 0 radical (unpaired) electrons. The molecule has 0 bridgehead atoms. The Kier molecular flexibility index (Phi) is 12.9. The van der Waals surface area contributed by atoms with Crippen LogP contribution in [-0.4, -0.2) is 48.3 Å². The number of guanidine groups is 1. The maximum absolute atomic E-state index is 11.8. The predicted molar refractivity (Wildman–Crippen MR) is 136 cm³/mol. The molecule has 0 aliphatic heterocycles. The van der Waals surface area contributed by atoms with E-state index in [2.05, 4.69) is 34.8 Å². The molecular formula is C23H39IN4O3. The first kappa shape index (κ1) is 27.5. The first-order valence-electron chi connectivity index (χ1n) is 11.2. The Morgan fingerprint density at radius 3 is 2.52 bits per heavy atom. The first-order chi connectivity index (χ1) is 14.5. The molecule has 0 spiro atoms. The molecule has 0 atom stereocenters. The maximum Gasteiger partial charge on any atom is 0.258 e. The molecule has 1 aliphatic rings. The van der Waals surface area contributed by atoms with Gasteiger partial charge >= 0.3 is 0 Å². The third-order valence-corrected chi connectivity index (χ3v) is 4.99. The van der Waals surface area contributed by atoms with Crippen LogP contribution in [0.5, 0.6) is 5.75 Å². The monoisotopic (exact) mass is 546 g/mol. The van der Waals surface area contributed by atoms with E-state index in [0.29, 0.717) is 30.8 Å². The molecule has 1 amide bonds. The van der Waals surface area contributed by atoms with Gasteiger partial charge in [-0.15, -0.1) is 24.0 Å². The van der Waals surface area contributed by atoms with E-state index in [1.807, 2.05) is 31.2 Å². The van der Waals surface area contributed by atoms with Crippen LogP contribution < -0.4 is 20.7 Å². The second kappa shape index (κ2) is 14.5. The average molecular weight is 546 g/mol. The predicted octanol–water partition coefficient (Wildman–Crippen LogP) is 3.35. The number of nitrogens with zero attached hydrogens (tertiary/aromatic N) is 1. The van der Waals surface area contributed by atoms with Crippen LogP contribution in [0.4, 0.5) is 0 Å². The zero-order valence-corrected chi connectivity index (χ0v) is 21.4. The summed E-state index contributed by atoms with van der Waals surface area (Å²) in [6.07, 6.45) is 5.54. The van der Waals surface area contributed by atoms with Crippen molar-refractivity contribution >= 4 is 35.8 Å². The highest BCUT2D eigenvalue weighted by atomic mass is 127. The summed E-state index contributed by atoms with van der Waals surface area (Å²) in [6.45, 7) is 7.91. The summed E-state index contributed by atoms with van der Waals surface area (Å²) in [5.74, 6) is 1.26. The number of hydrogen-bond donors (Lipinski definition) is 4. The summed E-state index contributed by atoms with van der Waals surface area (Å²) in [6, 6.07) is 7.97. The third kappa shape index (κ3) is 11.0. The van der Waals surface area contributed by atoms with Crippen LogP contribution in [0.25, 0.3) is 0 Å². The lowest BCUT2D eigenvalue weighted by Gasteiger charge is -2.28. The quantitative estimate of drug-likeness (QED) is 0.173. The largest absolute Gasteiger partial charge is 0.484 e. The van der Waals surface area contributed by atoms with E-state index in [1.54, 1.807) is 0 Å². The van der Waals surface area contributed by atoms with Crippen LogP contribution in [0.2, 0.25) is 0 Å². The molecule has 8 heteroatoms. The maximum atomic E-state index is 11.8. The summed E-state index contributed by atoms with van der Waals surface area (Å²) in [5.41, 5.74) is 0.277. The number of carbonyl (C=O) groups is 1. The van der Waals surface area contributed by atoms with Gasteiger partial charge in [-0.05, 0) is 50.3 Å². The zero-order chi connectivity index (χ0) is 21.8. The van der Waals surface area contributed by atoms with E-state index in [1.165, 1.54) is 0 Å². The number of ether oxygens (including phenoxy) is 1. The summed E-state index contributed by atoms with van der Waals surface area (Å²) < 4.78 is 5.61. The number of nitrogens with one attached hydrogen (secondary N) is 3. The Morgan fingerprint density at radius 2 is 1.90 bits per heavy atom. The van der Waals surface area contributed by atoms with Crippen LogP contribution in [0.15, 0.2) is 29.3 Å². The van der Waals surface area contributed by atoms with Gasteiger partial charge in [0.25, 0.3) is 5.91 Å². The Labute approximate surface area is 203 Å². The van der Waals surface area contributed by atoms with Gasteiger partial charge in [-0.25, -0.2) is 4.99 Å². The number of aliphatic imine (C=N–C) groups is 1. The lowest BCUT2D eigenvalue weighted by molar-refractivity contribution is -0.123. The molecule has 2 rings (SSSR count). The first-order valence-corrected chi connectivity index (χ1v) is 11.2. The van der Waals surface area contributed by atoms with Gasteiger partial charge in [0.15, 0.2) is 12.6 Å². The molecule has 1 aromatic carbocycles. The zero-order valence-electron chi connectivity index (χ0n) is 19.1. The molecule has 1 fully saturated rings. The Hall–Kier alpha value is -1.55. The molecule has 4 N–H and O–H groups in total. The molecule has 1 saturated carbocycles. The Balaban J connectivity index is 0.00000480. The van der Waals surface area contributed by atoms with Crippen LogP contribution in [0, 0.1) is 0 Å². The summed E-state index contributed by atoms with van der Waals surface area (Å²) >= 11 is 0. The fourth-order valence-electron chi connectivity index (χ4n) is 3.37. The molecule has 0 heterocycles. The van der Waals surface area contributed by atoms with E-state index >= 15 is 0 Å². The van der Waals surface area contributed by atoms with Crippen molar-refractivity contribution in [1.29, 1.82) is 0 Å². The topological polar surface area (TPSA) is 95.0 Å². The molecule has 7 nitrogen and oxygen atoms in total. The molecule has 0 saturated heterocycles. The second-order valence-electron chi connectivity index (χ2n) is 8.05. The van der Waals surface area contributed by atoms with E-state index in [4.69, 9.17) is 4.74 Å². The number of amides is 1. The van der Waals surface area contributed by atoms with E-state index in [-0.39, 0.29) is 36.5 Å². The summed E-state index contributed by atoms with van der Waals surface area (Å²) in [4.78, 5) is 16.4. The number of aliphatic hydroxyl groups is 1. The van der Waals surface area contributed by atoms with Gasteiger partial charge < -0.3 is 25.8 Å². The van der Waals surface area contributed by atoms with Gasteiger partial charge in [-0.2, -0.15) is 0 Å². The molecule has 1 aliphatic carbocycles. The molecule has 1 aromatic rings. The minimum Gasteiger partial charge on any atom is -0.484 e. The van der Waals surface area contributed by atoms with E-state index < -0.39 is 5.60 Å². The number of benzene rings is 1. The van der Waals surface area contributed by atoms with E-state index in [9.17, 15) is 9.90 Å². The smallest absolute Gasteiger partial charge is 0.258 e. The normalized spacial score (nSPS) is 13.9. The molecule has 0 aromatic heterocycles. The van der Waals surface area contributed by atoms with Crippen molar-refractivity contribution < 1.29 is 14.6 Å². The fraction of sp³-hybridized carbons (Fsp3) is 0.652. The highest BCUT2D eigenvalue weighted by molar-refractivity contribution is 14.0. The third-order valence-electron chi connectivity index (χ3n) is 4.99. The lowest BCUT2D eigenvalue weighted by Crippen LogP contribution is -2.47. The summed E-state index contributed by atoms with van der Waals surface area (Å²) in [7, 11) is 0. The molecule has 31 heavy (non-hydrogen) atoms. The van der Waals surface area contributed by atoms with Gasteiger partial charge in [0.2, 0.25) is 0 Å². The minimum absolute atomic E-state index is 0. The average Bonchev–Trinajstić information content (AvgIpc) is 3.53. The molecular weight excluding hydrogens is 507 g/mol. The van der Waals surface area contributed by atoms with Crippen molar-refractivity contribution in [3.63, 3.8) is 0 Å². The van der Waals surface area contributed by atoms with Gasteiger partial charge in [0.05, 0.1) is 12.1 Å². The minimum atomic E-state index is -0.714. The molecule has 0 unspecified atom stereocenters. The number of rotatable bonds is 13. The van der Waals surface area contributed by atoms with Gasteiger partial charge in [0, 0.05) is 19.1 Å². The van der Waals surface area contributed by atoms with Crippen LogP contribution in [-0.2, 0) is 11.3 Å². The van der Waals surface area contributed by atoms with Crippen LogP contribution in [0.3, 0.4) is 0 Å². The number of carbonyl (C=O) groups excluding carboxylic acids is 1. The van der Waals surface area contributed by atoms with Crippen molar-refractivity contribution in [2.45, 2.75) is 77.5 Å². The SMILES string of the molecule is CCCC(O)(CCC)CNC(=NCc1cccc(OCC(=O)NC2CC2)c1)NCC.I. The van der Waals surface area contributed by atoms with Crippen molar-refractivity contribution in [2.24, 2.45) is 4.99 Å². The Bertz CT molecular complexity index is 689. The fourth-order valence-corrected chi connectivity index (χ4v) is 3.37. The standard InChI is InChI=1S/C23H38N4O3.HI/c1-4-12-23(29,13-5-2)17-26-22(24-6-3)25-15-18-8-7-9-20(14-18)30-16-21(28)27-19-10-11-19;/h7-9,14,19,29H,4-6,10-13,15-17H2,1-3H3,(H,27,28)(H2,24,25,26);1H. The van der Waals surface area contributed by atoms with Gasteiger partial charge in [-0.3, -0.25) is 4.79 Å². The summed E-state index contributed by atoms with van der Waals surface area (Å²) in [5, 5.41) is 20.2. The second-order valence-corrected chi connectivity index (χ2v) is 8.05. The molecule has 176 valence electrons. The highest BCUT2D eigenvalue weighted by Crippen LogP contribution is 2.19. The van der Waals surface area contributed by atoms with Crippen molar-refractivity contribution in [3.8, 4) is 5.75 Å². The van der Waals surface area contributed by atoms with Gasteiger partial charge in [-0.1, -0.05) is 38.8 Å². The lowest BCUT2D eigenvalue weighted by atomic mass is 9.93. The highest BCUT2D eigenvalue weighted by Gasteiger charge is 2.25. The van der Waals surface area contributed by atoms with Crippen molar-refractivity contribution in [3.05, 3.63) is 29.8 Å². The van der Waals surface area contributed by atoms with Crippen LogP contribution in [0.1, 0.15) is 64.9 Å². The van der Waals surface area contributed by atoms with Crippen molar-refractivity contribution in [2.75, 3.05) is 19.7 Å². The Morgan fingerprint density at radius 1 is 1.19 bits per heavy atom. The number of halogens is 1.